The second kappa shape index (κ2) is 7.91. The van der Waals surface area contributed by atoms with Crippen LogP contribution in [0.3, 0.4) is 0 Å². The molecule has 1 unspecified atom stereocenters. The van der Waals surface area contributed by atoms with E-state index in [0.29, 0.717) is 37.4 Å². The highest BCUT2D eigenvalue weighted by Crippen LogP contribution is 2.20. The molecule has 10 heteroatoms. The lowest BCUT2D eigenvalue weighted by atomic mass is 10.2. The zero-order valence-corrected chi connectivity index (χ0v) is 15.8. The van der Waals surface area contributed by atoms with Gasteiger partial charge in [-0.25, -0.2) is 13.9 Å². The monoisotopic (exact) mass is 394 g/mol. The van der Waals surface area contributed by atoms with Crippen LogP contribution < -0.4 is 10.6 Å². The normalized spacial score (nSPS) is 16.4. The Hall–Kier alpha value is -2.68. The van der Waals surface area contributed by atoms with Gasteiger partial charge in [0.1, 0.15) is 5.82 Å². The average Bonchev–Trinajstić information content (AvgIpc) is 3.24. The molecule has 0 spiro atoms. The molecule has 0 radical (unpaired) electrons. The molecule has 144 valence electrons. The highest BCUT2D eigenvalue weighted by atomic mass is 35.5. The van der Waals surface area contributed by atoms with Gasteiger partial charge in [-0.15, -0.1) is 5.10 Å². The van der Waals surface area contributed by atoms with E-state index in [9.17, 15) is 14.0 Å². The molecule has 1 fully saturated rings. The van der Waals surface area contributed by atoms with Crippen LogP contribution in [0, 0.1) is 12.7 Å². The number of aromatic nitrogens is 3. The molecule has 8 nitrogen and oxygen atoms in total. The molecule has 2 aromatic rings. The molecular formula is C17H20ClFN6O2. The van der Waals surface area contributed by atoms with Gasteiger partial charge in [0.05, 0.1) is 16.4 Å². The quantitative estimate of drug-likeness (QED) is 0.828. The van der Waals surface area contributed by atoms with Crippen LogP contribution in [-0.4, -0.2) is 57.5 Å². The van der Waals surface area contributed by atoms with Gasteiger partial charge in [-0.2, -0.15) is 0 Å². The van der Waals surface area contributed by atoms with Crippen LogP contribution >= 0.6 is 11.6 Å². The van der Waals surface area contributed by atoms with Crippen molar-refractivity contribution in [2.24, 2.45) is 0 Å². The van der Waals surface area contributed by atoms with Crippen LogP contribution in [0.15, 0.2) is 18.2 Å². The maximum absolute atomic E-state index is 13.3. The first-order valence-electron chi connectivity index (χ1n) is 8.62. The molecule has 0 saturated carbocycles. The van der Waals surface area contributed by atoms with Gasteiger partial charge in [0.25, 0.3) is 5.91 Å². The number of rotatable bonds is 4. The third-order valence-electron chi connectivity index (χ3n) is 4.40. The molecule has 1 aromatic carbocycles. The molecule has 1 atom stereocenters. The topological polar surface area (TPSA) is 92.2 Å². The standard InChI is InChI=1S/C17H20ClFN6O2/c1-3-20-17(27)24-7-6-11(9-24)21-16(26)15-10(2)25(23-22-15)12-4-5-14(19)13(18)8-12/h4-5,8,11H,3,6-7,9H2,1-2H3,(H,20,27)(H,21,26). The number of amides is 3. The summed E-state index contributed by atoms with van der Waals surface area (Å²) in [5.74, 6) is -0.899. The summed E-state index contributed by atoms with van der Waals surface area (Å²) in [5, 5.41) is 13.5. The summed E-state index contributed by atoms with van der Waals surface area (Å²) >= 11 is 5.81. The van der Waals surface area contributed by atoms with E-state index in [2.05, 4.69) is 20.9 Å². The number of urea groups is 1. The Bertz CT molecular complexity index is 871. The number of hydrogen-bond donors (Lipinski definition) is 2. The SMILES string of the molecule is CCNC(=O)N1CCC(NC(=O)c2nnn(-c3ccc(F)c(Cl)c3)c2C)C1. The molecule has 0 bridgehead atoms. The van der Waals surface area contributed by atoms with Gasteiger partial charge in [-0.1, -0.05) is 16.8 Å². The Balaban J connectivity index is 1.69. The second-order valence-corrected chi connectivity index (χ2v) is 6.68. The first-order chi connectivity index (χ1) is 12.9. The molecule has 0 aliphatic carbocycles. The molecule has 1 aromatic heterocycles. The summed E-state index contributed by atoms with van der Waals surface area (Å²) < 4.78 is 14.8. The molecule has 2 heterocycles. The van der Waals surface area contributed by atoms with Crippen molar-refractivity contribution < 1.29 is 14.0 Å². The third-order valence-corrected chi connectivity index (χ3v) is 4.69. The highest BCUT2D eigenvalue weighted by Gasteiger charge is 2.28. The zero-order chi connectivity index (χ0) is 19.6. The summed E-state index contributed by atoms with van der Waals surface area (Å²) in [4.78, 5) is 26.1. The van der Waals surface area contributed by atoms with Crippen LogP contribution in [0.2, 0.25) is 5.02 Å². The summed E-state index contributed by atoms with van der Waals surface area (Å²) in [6.07, 6.45) is 0.670. The largest absolute Gasteiger partial charge is 0.346 e. The number of halogens is 2. The van der Waals surface area contributed by atoms with Crippen molar-refractivity contribution in [2.75, 3.05) is 19.6 Å². The van der Waals surface area contributed by atoms with Crippen LogP contribution in [0.25, 0.3) is 5.69 Å². The van der Waals surface area contributed by atoms with Crippen molar-refractivity contribution in [3.63, 3.8) is 0 Å². The number of nitrogens with zero attached hydrogens (tertiary/aromatic N) is 4. The number of nitrogens with one attached hydrogen (secondary N) is 2. The highest BCUT2D eigenvalue weighted by molar-refractivity contribution is 6.30. The van der Waals surface area contributed by atoms with Crippen molar-refractivity contribution in [1.29, 1.82) is 0 Å². The second-order valence-electron chi connectivity index (χ2n) is 6.27. The minimum Gasteiger partial charge on any atom is -0.346 e. The fraction of sp³-hybridized carbons (Fsp3) is 0.412. The molecule has 27 heavy (non-hydrogen) atoms. The maximum atomic E-state index is 13.3. The van der Waals surface area contributed by atoms with Gasteiger partial charge in [0.15, 0.2) is 5.69 Å². The molecule has 3 rings (SSSR count). The number of carbonyl (C=O) groups excluding carboxylic acids is 2. The first kappa shape index (κ1) is 19.1. The van der Waals surface area contributed by atoms with Crippen LogP contribution in [0.4, 0.5) is 9.18 Å². The Labute approximate surface area is 160 Å². The van der Waals surface area contributed by atoms with Crippen molar-refractivity contribution in [2.45, 2.75) is 26.3 Å². The van der Waals surface area contributed by atoms with Crippen molar-refractivity contribution >= 4 is 23.5 Å². The van der Waals surface area contributed by atoms with E-state index in [-0.39, 0.29) is 28.7 Å². The summed E-state index contributed by atoms with van der Waals surface area (Å²) in [6.45, 7) is 5.13. The Morgan fingerprint density at radius 1 is 1.41 bits per heavy atom. The van der Waals surface area contributed by atoms with Crippen molar-refractivity contribution in [3.05, 3.63) is 40.4 Å². The fourth-order valence-electron chi connectivity index (χ4n) is 2.98. The van der Waals surface area contributed by atoms with Gasteiger partial charge >= 0.3 is 6.03 Å². The van der Waals surface area contributed by atoms with E-state index in [0.717, 1.165) is 0 Å². The maximum Gasteiger partial charge on any atom is 0.317 e. The number of hydrogen-bond acceptors (Lipinski definition) is 4. The Kier molecular flexibility index (Phi) is 5.59. The summed E-state index contributed by atoms with van der Waals surface area (Å²) in [5.41, 5.74) is 1.19. The summed E-state index contributed by atoms with van der Waals surface area (Å²) in [6, 6.07) is 3.87. The van der Waals surface area contributed by atoms with Gasteiger partial charge < -0.3 is 15.5 Å². The van der Waals surface area contributed by atoms with Crippen LogP contribution in [0.5, 0.6) is 0 Å². The third kappa shape index (κ3) is 4.02. The first-order valence-corrected chi connectivity index (χ1v) is 8.99. The fourth-order valence-corrected chi connectivity index (χ4v) is 3.16. The minimum atomic E-state index is -0.533. The van der Waals surface area contributed by atoms with Crippen LogP contribution in [0.1, 0.15) is 29.5 Å². The van der Waals surface area contributed by atoms with E-state index < -0.39 is 5.82 Å². The average molecular weight is 395 g/mol. The molecule has 2 N–H and O–H groups in total. The zero-order valence-electron chi connectivity index (χ0n) is 15.0. The molecule has 1 aliphatic heterocycles. The van der Waals surface area contributed by atoms with Crippen LogP contribution in [-0.2, 0) is 0 Å². The smallest absolute Gasteiger partial charge is 0.317 e. The predicted molar refractivity (Wildman–Crippen MR) is 97.6 cm³/mol. The van der Waals surface area contributed by atoms with E-state index in [1.807, 2.05) is 6.92 Å². The number of likely N-dealkylation sites (tertiary alicyclic amines) is 1. The van der Waals surface area contributed by atoms with E-state index in [4.69, 9.17) is 11.6 Å². The van der Waals surface area contributed by atoms with E-state index >= 15 is 0 Å². The lowest BCUT2D eigenvalue weighted by Crippen LogP contribution is -2.42. The number of benzene rings is 1. The molecule has 1 saturated heterocycles. The van der Waals surface area contributed by atoms with Crippen molar-refractivity contribution in [3.8, 4) is 5.69 Å². The lowest BCUT2D eigenvalue weighted by molar-refractivity contribution is 0.0932. The van der Waals surface area contributed by atoms with E-state index in [1.54, 1.807) is 11.8 Å². The lowest BCUT2D eigenvalue weighted by Gasteiger charge is -2.17. The molecule has 1 aliphatic rings. The Morgan fingerprint density at radius 2 is 2.19 bits per heavy atom. The van der Waals surface area contributed by atoms with Gasteiger partial charge in [-0.3, -0.25) is 4.79 Å². The Morgan fingerprint density at radius 3 is 2.89 bits per heavy atom. The van der Waals surface area contributed by atoms with Gasteiger partial charge in [-0.05, 0) is 38.5 Å². The van der Waals surface area contributed by atoms with Gasteiger partial charge in [0.2, 0.25) is 0 Å². The molecular weight excluding hydrogens is 375 g/mol. The predicted octanol–water partition coefficient (Wildman–Crippen LogP) is 1.90. The molecule has 3 amide bonds. The van der Waals surface area contributed by atoms with Crippen molar-refractivity contribution in [1.82, 2.24) is 30.5 Å². The minimum absolute atomic E-state index is 0.0372. The summed E-state index contributed by atoms with van der Waals surface area (Å²) in [7, 11) is 0. The van der Waals surface area contributed by atoms with E-state index in [1.165, 1.54) is 22.9 Å². The van der Waals surface area contributed by atoms with Gasteiger partial charge in [0, 0.05) is 25.7 Å². The number of carbonyl (C=O) groups is 2.